The van der Waals surface area contributed by atoms with Crippen LogP contribution in [0.25, 0.3) is 0 Å². The van der Waals surface area contributed by atoms with E-state index in [0.717, 1.165) is 22.6 Å². The molecule has 2 N–H and O–H groups in total. The van der Waals surface area contributed by atoms with Crippen LogP contribution in [0, 0.1) is 31.5 Å². The summed E-state index contributed by atoms with van der Waals surface area (Å²) in [5, 5.41) is 0. The lowest BCUT2D eigenvalue weighted by Gasteiger charge is -2.23. The number of hydrogen-bond acceptors (Lipinski definition) is 1. The van der Waals surface area contributed by atoms with E-state index < -0.39 is 0 Å². The molecule has 0 aliphatic heterocycles. The third kappa shape index (κ3) is 2.12. The number of aryl methyl sites for hydroxylation is 2. The van der Waals surface area contributed by atoms with Gasteiger partial charge in [-0.1, -0.05) is 6.92 Å². The molecule has 0 bridgehead atoms. The van der Waals surface area contributed by atoms with Crippen LogP contribution in [0.4, 0.5) is 4.39 Å². The van der Waals surface area contributed by atoms with Crippen molar-refractivity contribution in [3.05, 3.63) is 34.6 Å². The highest BCUT2D eigenvalue weighted by Crippen LogP contribution is 2.42. The SMILES string of the molecule is Cc1cc(F)cc(C)c1C(N)C(C)C1CC1. The fraction of sp³-hybridized carbons (Fsp3) is 0.571. The van der Waals surface area contributed by atoms with E-state index >= 15 is 0 Å². The molecule has 1 aromatic rings. The zero-order valence-corrected chi connectivity index (χ0v) is 10.3. The Labute approximate surface area is 96.9 Å². The quantitative estimate of drug-likeness (QED) is 0.830. The van der Waals surface area contributed by atoms with Crippen LogP contribution in [-0.4, -0.2) is 0 Å². The second-order valence-corrected chi connectivity index (χ2v) is 5.18. The summed E-state index contributed by atoms with van der Waals surface area (Å²) in [7, 11) is 0. The van der Waals surface area contributed by atoms with Crippen molar-refractivity contribution in [2.75, 3.05) is 0 Å². The molecule has 0 saturated heterocycles. The molecule has 0 spiro atoms. The summed E-state index contributed by atoms with van der Waals surface area (Å²) in [5.74, 6) is 1.12. The Morgan fingerprint density at radius 2 is 1.75 bits per heavy atom. The molecule has 2 atom stereocenters. The molecule has 0 radical (unpaired) electrons. The molecule has 0 heterocycles. The maximum Gasteiger partial charge on any atom is 0.123 e. The zero-order chi connectivity index (χ0) is 11.9. The van der Waals surface area contributed by atoms with Crippen LogP contribution in [0.5, 0.6) is 0 Å². The highest BCUT2D eigenvalue weighted by molar-refractivity contribution is 5.37. The van der Waals surface area contributed by atoms with Crippen molar-refractivity contribution in [3.63, 3.8) is 0 Å². The Hall–Kier alpha value is -0.890. The third-order valence-corrected chi connectivity index (χ3v) is 3.82. The molecular weight excluding hydrogens is 201 g/mol. The maximum atomic E-state index is 13.2. The Balaban J connectivity index is 2.31. The summed E-state index contributed by atoms with van der Waals surface area (Å²) >= 11 is 0. The zero-order valence-electron chi connectivity index (χ0n) is 10.3. The van der Waals surface area contributed by atoms with Crippen LogP contribution >= 0.6 is 0 Å². The number of halogens is 1. The third-order valence-electron chi connectivity index (χ3n) is 3.82. The molecule has 1 aromatic carbocycles. The summed E-state index contributed by atoms with van der Waals surface area (Å²) in [5.41, 5.74) is 9.42. The summed E-state index contributed by atoms with van der Waals surface area (Å²) < 4.78 is 13.2. The van der Waals surface area contributed by atoms with Crippen molar-refractivity contribution < 1.29 is 4.39 Å². The summed E-state index contributed by atoms with van der Waals surface area (Å²) in [4.78, 5) is 0. The van der Waals surface area contributed by atoms with E-state index in [4.69, 9.17) is 5.73 Å². The lowest BCUT2D eigenvalue weighted by atomic mass is 9.86. The normalized spacial score (nSPS) is 19.6. The van der Waals surface area contributed by atoms with Gasteiger partial charge < -0.3 is 5.73 Å². The van der Waals surface area contributed by atoms with Crippen molar-refractivity contribution in [1.29, 1.82) is 0 Å². The summed E-state index contributed by atoms with van der Waals surface area (Å²) in [6.07, 6.45) is 2.60. The molecule has 88 valence electrons. The van der Waals surface area contributed by atoms with E-state index in [1.54, 1.807) is 12.1 Å². The van der Waals surface area contributed by atoms with Gasteiger partial charge in [-0.15, -0.1) is 0 Å². The van der Waals surface area contributed by atoms with Gasteiger partial charge in [-0.2, -0.15) is 0 Å². The Kier molecular flexibility index (Phi) is 3.02. The molecule has 0 amide bonds. The van der Waals surface area contributed by atoms with Crippen LogP contribution < -0.4 is 5.73 Å². The number of nitrogens with two attached hydrogens (primary N) is 1. The first kappa shape index (κ1) is 11.6. The fourth-order valence-corrected chi connectivity index (χ4v) is 2.63. The van der Waals surface area contributed by atoms with Gasteiger partial charge in [-0.25, -0.2) is 4.39 Å². The molecule has 1 aliphatic carbocycles. The van der Waals surface area contributed by atoms with E-state index in [9.17, 15) is 4.39 Å². The largest absolute Gasteiger partial charge is 0.324 e. The van der Waals surface area contributed by atoms with E-state index in [0.29, 0.717) is 5.92 Å². The van der Waals surface area contributed by atoms with Gasteiger partial charge in [0.05, 0.1) is 0 Å². The molecule has 1 fully saturated rings. The van der Waals surface area contributed by atoms with Gasteiger partial charge in [0.2, 0.25) is 0 Å². The minimum Gasteiger partial charge on any atom is -0.324 e. The first-order chi connectivity index (χ1) is 7.50. The summed E-state index contributed by atoms with van der Waals surface area (Å²) in [6.45, 7) is 6.11. The average molecular weight is 221 g/mol. The predicted molar refractivity (Wildman–Crippen MR) is 64.7 cm³/mol. The molecule has 1 nitrogen and oxygen atoms in total. The predicted octanol–water partition coefficient (Wildman–Crippen LogP) is 3.49. The van der Waals surface area contributed by atoms with Gasteiger partial charge in [0.1, 0.15) is 5.82 Å². The fourth-order valence-electron chi connectivity index (χ4n) is 2.63. The van der Waals surface area contributed by atoms with E-state index in [1.807, 2.05) is 13.8 Å². The molecule has 0 aromatic heterocycles. The van der Waals surface area contributed by atoms with E-state index in [2.05, 4.69) is 6.92 Å². The molecule has 2 unspecified atom stereocenters. The van der Waals surface area contributed by atoms with Crippen molar-refractivity contribution in [2.45, 2.75) is 39.7 Å². The smallest absolute Gasteiger partial charge is 0.123 e. The van der Waals surface area contributed by atoms with Crippen LogP contribution in [-0.2, 0) is 0 Å². The van der Waals surface area contributed by atoms with E-state index in [1.165, 1.54) is 12.8 Å². The number of rotatable bonds is 3. The van der Waals surface area contributed by atoms with Gasteiger partial charge in [0.15, 0.2) is 0 Å². The summed E-state index contributed by atoms with van der Waals surface area (Å²) in [6, 6.07) is 3.22. The second kappa shape index (κ2) is 4.17. The van der Waals surface area contributed by atoms with Crippen LogP contribution in [0.3, 0.4) is 0 Å². The highest BCUT2D eigenvalue weighted by Gasteiger charge is 2.33. The topological polar surface area (TPSA) is 26.0 Å². The van der Waals surface area contributed by atoms with Gasteiger partial charge in [-0.3, -0.25) is 0 Å². The number of hydrogen-bond donors (Lipinski definition) is 1. The van der Waals surface area contributed by atoms with Crippen molar-refractivity contribution in [3.8, 4) is 0 Å². The first-order valence-corrected chi connectivity index (χ1v) is 6.03. The minimum absolute atomic E-state index is 0.0492. The second-order valence-electron chi connectivity index (χ2n) is 5.18. The highest BCUT2D eigenvalue weighted by atomic mass is 19.1. The molecule has 16 heavy (non-hydrogen) atoms. The lowest BCUT2D eigenvalue weighted by molar-refractivity contribution is 0.414. The standard InChI is InChI=1S/C14H20FN/c1-8-6-12(15)7-9(2)13(8)14(16)10(3)11-4-5-11/h6-7,10-11,14H,4-5,16H2,1-3H3. The van der Waals surface area contributed by atoms with Gasteiger partial charge in [0.25, 0.3) is 0 Å². The minimum atomic E-state index is -0.162. The number of benzene rings is 1. The first-order valence-electron chi connectivity index (χ1n) is 6.03. The van der Waals surface area contributed by atoms with Crippen LogP contribution in [0.2, 0.25) is 0 Å². The Morgan fingerprint density at radius 1 is 1.25 bits per heavy atom. The molecule has 2 rings (SSSR count). The van der Waals surface area contributed by atoms with E-state index in [-0.39, 0.29) is 11.9 Å². The van der Waals surface area contributed by atoms with Crippen LogP contribution in [0.1, 0.15) is 42.5 Å². The molecule has 1 aliphatic rings. The van der Waals surface area contributed by atoms with Gasteiger partial charge >= 0.3 is 0 Å². The average Bonchev–Trinajstić information content (AvgIpc) is 2.97. The monoisotopic (exact) mass is 221 g/mol. The molecule has 1 saturated carbocycles. The molecule has 2 heteroatoms. The van der Waals surface area contributed by atoms with Gasteiger partial charge in [0, 0.05) is 6.04 Å². The van der Waals surface area contributed by atoms with Crippen molar-refractivity contribution >= 4 is 0 Å². The maximum absolute atomic E-state index is 13.2. The van der Waals surface area contributed by atoms with Gasteiger partial charge in [-0.05, 0) is 67.3 Å². The Bertz CT molecular complexity index is 373. The molecular formula is C14H20FN. The van der Waals surface area contributed by atoms with Crippen molar-refractivity contribution in [2.24, 2.45) is 17.6 Å². The van der Waals surface area contributed by atoms with Crippen molar-refractivity contribution in [1.82, 2.24) is 0 Å². The lowest BCUT2D eigenvalue weighted by Crippen LogP contribution is -2.22. The Morgan fingerprint density at radius 3 is 2.19 bits per heavy atom. The van der Waals surface area contributed by atoms with Crippen LogP contribution in [0.15, 0.2) is 12.1 Å².